The molecule has 112 valence electrons. The molecule has 0 aliphatic carbocycles. The van der Waals surface area contributed by atoms with Gasteiger partial charge in [-0.05, 0) is 37.9 Å². The van der Waals surface area contributed by atoms with E-state index in [9.17, 15) is 9.90 Å². The Hall–Kier alpha value is -1.33. The minimum atomic E-state index is 0.00689. The summed E-state index contributed by atoms with van der Waals surface area (Å²) < 4.78 is 1.99. The zero-order valence-corrected chi connectivity index (χ0v) is 12.2. The van der Waals surface area contributed by atoms with Crippen LogP contribution in [0.3, 0.4) is 0 Å². The highest BCUT2D eigenvalue weighted by Crippen LogP contribution is 2.12. The zero-order chi connectivity index (χ0) is 14.4. The van der Waals surface area contributed by atoms with Gasteiger partial charge < -0.3 is 19.9 Å². The van der Waals surface area contributed by atoms with Crippen molar-refractivity contribution in [1.82, 2.24) is 14.8 Å². The molecule has 2 heterocycles. The van der Waals surface area contributed by atoms with Crippen LogP contribution in [0.1, 0.15) is 36.7 Å². The van der Waals surface area contributed by atoms with Crippen molar-refractivity contribution in [1.29, 1.82) is 0 Å². The lowest BCUT2D eigenvalue weighted by molar-refractivity contribution is 0.0695. The number of aryl methyl sites for hydroxylation is 1. The molecule has 1 aliphatic heterocycles. The number of amides is 1. The van der Waals surface area contributed by atoms with Crippen molar-refractivity contribution in [3.63, 3.8) is 0 Å². The quantitative estimate of drug-likeness (QED) is 0.785. The van der Waals surface area contributed by atoms with Crippen molar-refractivity contribution in [2.24, 2.45) is 0 Å². The molecule has 1 aromatic heterocycles. The van der Waals surface area contributed by atoms with Gasteiger partial charge in [-0.2, -0.15) is 0 Å². The molecule has 2 N–H and O–H groups in total. The van der Waals surface area contributed by atoms with Crippen LogP contribution in [0.4, 0.5) is 0 Å². The molecule has 20 heavy (non-hydrogen) atoms. The number of aliphatic hydroxyl groups is 1. The predicted octanol–water partition coefficient (Wildman–Crippen LogP) is 1.08. The van der Waals surface area contributed by atoms with Crippen LogP contribution in [-0.4, -0.2) is 52.8 Å². The highest BCUT2D eigenvalue weighted by atomic mass is 16.3. The molecule has 0 aromatic carbocycles. The fraction of sp³-hybridized carbons (Fsp3) is 0.667. The molecule has 1 amide bonds. The first-order valence-corrected chi connectivity index (χ1v) is 7.55. The van der Waals surface area contributed by atoms with E-state index in [1.54, 1.807) is 4.90 Å². The van der Waals surface area contributed by atoms with Gasteiger partial charge in [0.2, 0.25) is 0 Å². The number of hydrogen-bond donors (Lipinski definition) is 2. The lowest BCUT2D eigenvalue weighted by Crippen LogP contribution is -2.43. The molecule has 1 unspecified atom stereocenters. The largest absolute Gasteiger partial charge is 0.395 e. The Morgan fingerprint density at radius 2 is 2.45 bits per heavy atom. The van der Waals surface area contributed by atoms with Gasteiger partial charge in [0.25, 0.3) is 5.91 Å². The van der Waals surface area contributed by atoms with Crippen molar-refractivity contribution >= 4 is 5.91 Å². The Balaban J connectivity index is 2.06. The number of aliphatic hydroxyl groups excluding tert-OH is 1. The molecule has 1 aromatic rings. The molecule has 1 aliphatic rings. The summed E-state index contributed by atoms with van der Waals surface area (Å²) in [5.41, 5.74) is 0.721. The van der Waals surface area contributed by atoms with E-state index in [2.05, 4.69) is 12.2 Å². The average molecular weight is 279 g/mol. The standard InChI is InChI=1S/C15H25N3O2/c1-2-8-17-9-4-6-14(17)15(20)18(10-11-19)12-13-5-3-7-16-13/h4,6,9,13,16,19H,2-3,5,7-8,10-12H2,1H3. The smallest absolute Gasteiger partial charge is 0.270 e. The van der Waals surface area contributed by atoms with Crippen molar-refractivity contribution in [2.75, 3.05) is 26.2 Å². The lowest BCUT2D eigenvalue weighted by Gasteiger charge is -2.25. The van der Waals surface area contributed by atoms with E-state index in [4.69, 9.17) is 0 Å². The van der Waals surface area contributed by atoms with Crippen LogP contribution >= 0.6 is 0 Å². The first-order chi connectivity index (χ1) is 9.76. The van der Waals surface area contributed by atoms with Gasteiger partial charge in [-0.1, -0.05) is 6.92 Å². The molecule has 0 spiro atoms. The Bertz CT molecular complexity index is 425. The van der Waals surface area contributed by atoms with Gasteiger partial charge in [0, 0.05) is 31.9 Å². The summed E-state index contributed by atoms with van der Waals surface area (Å²) in [5.74, 6) is 0.0196. The van der Waals surface area contributed by atoms with Crippen LogP contribution < -0.4 is 5.32 Å². The average Bonchev–Trinajstić information content (AvgIpc) is 3.09. The fourth-order valence-electron chi connectivity index (χ4n) is 2.78. The Labute approximate surface area is 120 Å². The molecule has 1 atom stereocenters. The van der Waals surface area contributed by atoms with Gasteiger partial charge in [0.15, 0.2) is 0 Å². The number of hydrogen-bond acceptors (Lipinski definition) is 3. The molecule has 0 bridgehead atoms. The zero-order valence-electron chi connectivity index (χ0n) is 12.2. The van der Waals surface area contributed by atoms with E-state index >= 15 is 0 Å². The first-order valence-electron chi connectivity index (χ1n) is 7.55. The Morgan fingerprint density at radius 3 is 3.10 bits per heavy atom. The summed E-state index contributed by atoms with van der Waals surface area (Å²) in [6, 6.07) is 4.14. The summed E-state index contributed by atoms with van der Waals surface area (Å²) in [7, 11) is 0. The van der Waals surface area contributed by atoms with Gasteiger partial charge in [0.1, 0.15) is 5.69 Å². The second kappa shape index (κ2) is 7.45. The van der Waals surface area contributed by atoms with Crippen LogP contribution in [0.5, 0.6) is 0 Å². The van der Waals surface area contributed by atoms with Crippen LogP contribution in [0, 0.1) is 0 Å². The van der Waals surface area contributed by atoms with Gasteiger partial charge in [-0.15, -0.1) is 0 Å². The molecule has 5 nitrogen and oxygen atoms in total. The number of carbonyl (C=O) groups is 1. The number of aromatic nitrogens is 1. The second-order valence-electron chi connectivity index (χ2n) is 5.35. The van der Waals surface area contributed by atoms with Crippen molar-refractivity contribution in [3.8, 4) is 0 Å². The number of rotatable bonds is 7. The topological polar surface area (TPSA) is 57.5 Å². The van der Waals surface area contributed by atoms with Crippen molar-refractivity contribution in [2.45, 2.75) is 38.8 Å². The monoisotopic (exact) mass is 279 g/mol. The van der Waals surface area contributed by atoms with Gasteiger partial charge >= 0.3 is 0 Å². The highest BCUT2D eigenvalue weighted by Gasteiger charge is 2.23. The number of nitrogens with one attached hydrogen (secondary N) is 1. The fourth-order valence-corrected chi connectivity index (χ4v) is 2.78. The highest BCUT2D eigenvalue weighted by molar-refractivity contribution is 5.92. The van der Waals surface area contributed by atoms with Gasteiger partial charge in [0.05, 0.1) is 6.61 Å². The summed E-state index contributed by atoms with van der Waals surface area (Å²) in [6.45, 7) is 5.06. The van der Waals surface area contributed by atoms with E-state index in [0.717, 1.165) is 38.0 Å². The van der Waals surface area contributed by atoms with Gasteiger partial charge in [-0.3, -0.25) is 4.79 Å². The predicted molar refractivity (Wildman–Crippen MR) is 78.7 cm³/mol. The minimum Gasteiger partial charge on any atom is -0.395 e. The molecule has 0 radical (unpaired) electrons. The van der Waals surface area contributed by atoms with Crippen LogP contribution in [-0.2, 0) is 6.54 Å². The van der Waals surface area contributed by atoms with Crippen LogP contribution in [0.15, 0.2) is 18.3 Å². The van der Waals surface area contributed by atoms with E-state index in [-0.39, 0.29) is 12.5 Å². The van der Waals surface area contributed by atoms with Crippen LogP contribution in [0.25, 0.3) is 0 Å². The maximum absolute atomic E-state index is 12.6. The Morgan fingerprint density at radius 1 is 1.60 bits per heavy atom. The number of nitrogens with zero attached hydrogens (tertiary/aromatic N) is 2. The number of carbonyl (C=O) groups excluding carboxylic acids is 1. The summed E-state index contributed by atoms with van der Waals surface area (Å²) in [4.78, 5) is 14.4. The lowest BCUT2D eigenvalue weighted by atomic mass is 10.2. The summed E-state index contributed by atoms with van der Waals surface area (Å²) in [5, 5.41) is 12.6. The maximum atomic E-state index is 12.6. The molecule has 5 heteroatoms. The van der Waals surface area contributed by atoms with E-state index in [1.807, 2.05) is 22.9 Å². The third kappa shape index (κ3) is 3.61. The summed E-state index contributed by atoms with van der Waals surface area (Å²) >= 11 is 0. The van der Waals surface area contributed by atoms with Gasteiger partial charge in [-0.25, -0.2) is 0 Å². The van der Waals surface area contributed by atoms with E-state index < -0.39 is 0 Å². The molecular weight excluding hydrogens is 254 g/mol. The molecular formula is C15H25N3O2. The SMILES string of the molecule is CCCn1cccc1C(=O)N(CCO)CC1CCCN1. The Kier molecular flexibility index (Phi) is 5.61. The third-order valence-corrected chi connectivity index (χ3v) is 3.77. The summed E-state index contributed by atoms with van der Waals surface area (Å²) in [6.07, 6.45) is 5.21. The minimum absolute atomic E-state index is 0.00689. The first kappa shape index (κ1) is 15.1. The second-order valence-corrected chi connectivity index (χ2v) is 5.35. The molecule has 2 rings (SSSR count). The maximum Gasteiger partial charge on any atom is 0.270 e. The third-order valence-electron chi connectivity index (χ3n) is 3.77. The van der Waals surface area contributed by atoms with Crippen molar-refractivity contribution in [3.05, 3.63) is 24.0 Å². The van der Waals surface area contributed by atoms with E-state index in [1.165, 1.54) is 0 Å². The van der Waals surface area contributed by atoms with Crippen LogP contribution in [0.2, 0.25) is 0 Å². The normalized spacial score (nSPS) is 18.4. The van der Waals surface area contributed by atoms with E-state index in [0.29, 0.717) is 19.1 Å². The molecule has 0 saturated carbocycles. The molecule has 1 saturated heterocycles. The van der Waals surface area contributed by atoms with Crippen molar-refractivity contribution < 1.29 is 9.90 Å². The molecule has 1 fully saturated rings.